The van der Waals surface area contributed by atoms with Crippen molar-refractivity contribution in [1.82, 2.24) is 15.0 Å². The van der Waals surface area contributed by atoms with Crippen LogP contribution < -0.4 is 20.3 Å². The number of aliphatic hydroxyl groups is 1. The van der Waals surface area contributed by atoms with Crippen LogP contribution >= 0.6 is 0 Å². The monoisotopic (exact) mass is 532 g/mol. The average molecular weight is 533 g/mol. The molecule has 202 valence electrons. The van der Waals surface area contributed by atoms with Crippen molar-refractivity contribution in [3.8, 4) is 17.0 Å². The molecule has 0 spiro atoms. The molecule has 0 aliphatic carbocycles. The first-order valence-electron chi connectivity index (χ1n) is 12.3. The number of halogens is 4. The van der Waals surface area contributed by atoms with E-state index < -0.39 is 29.7 Å². The minimum Gasteiger partial charge on any atom is -0.494 e. The number of benzene rings is 1. The van der Waals surface area contributed by atoms with Crippen molar-refractivity contribution in [2.75, 3.05) is 36.5 Å². The number of anilines is 2. The number of aromatic nitrogens is 3. The summed E-state index contributed by atoms with van der Waals surface area (Å²) in [6.45, 7) is 1.51. The zero-order chi connectivity index (χ0) is 27.0. The Hall–Kier alpha value is -3.51. The maximum absolute atomic E-state index is 14.9. The van der Waals surface area contributed by atoms with Gasteiger partial charge in [0.05, 0.1) is 30.2 Å². The van der Waals surface area contributed by atoms with Crippen LogP contribution in [0.2, 0.25) is 0 Å². The molecule has 1 aromatic carbocycles. The van der Waals surface area contributed by atoms with Crippen molar-refractivity contribution in [3.05, 3.63) is 59.7 Å². The number of hydrogen-bond acceptors (Lipinski definition) is 8. The molecule has 0 saturated carbocycles. The number of nitrogens with two attached hydrogens (primary N) is 1. The van der Waals surface area contributed by atoms with Gasteiger partial charge in [-0.05, 0) is 37.0 Å². The summed E-state index contributed by atoms with van der Waals surface area (Å²) < 4.78 is 61.0. The van der Waals surface area contributed by atoms with E-state index in [-0.39, 0.29) is 30.0 Å². The molecule has 1 fully saturated rings. The van der Waals surface area contributed by atoms with E-state index in [1.807, 2.05) is 9.80 Å². The van der Waals surface area contributed by atoms with Crippen LogP contribution in [0.1, 0.15) is 24.0 Å². The van der Waals surface area contributed by atoms with Crippen molar-refractivity contribution in [3.63, 3.8) is 0 Å². The van der Waals surface area contributed by atoms with Crippen LogP contribution in [-0.2, 0) is 13.0 Å². The number of methoxy groups -OCH3 is 1. The molecule has 0 unspecified atom stereocenters. The van der Waals surface area contributed by atoms with E-state index in [1.54, 1.807) is 12.3 Å². The lowest BCUT2D eigenvalue weighted by molar-refractivity contribution is -0.0529. The quantitative estimate of drug-likeness (QED) is 0.447. The van der Waals surface area contributed by atoms with Gasteiger partial charge >= 0.3 is 0 Å². The predicted molar refractivity (Wildman–Crippen MR) is 133 cm³/mol. The van der Waals surface area contributed by atoms with E-state index in [0.717, 1.165) is 29.9 Å². The first-order valence-corrected chi connectivity index (χ1v) is 12.3. The van der Waals surface area contributed by atoms with Crippen LogP contribution in [0.3, 0.4) is 0 Å². The van der Waals surface area contributed by atoms with Gasteiger partial charge in [-0.15, -0.1) is 0 Å². The van der Waals surface area contributed by atoms with Gasteiger partial charge in [0.15, 0.2) is 11.6 Å². The van der Waals surface area contributed by atoms with Crippen LogP contribution in [0.25, 0.3) is 11.3 Å². The van der Waals surface area contributed by atoms with Crippen molar-refractivity contribution in [1.29, 1.82) is 0 Å². The van der Waals surface area contributed by atoms with Gasteiger partial charge in [-0.3, -0.25) is 4.98 Å². The van der Waals surface area contributed by atoms with Gasteiger partial charge in [0, 0.05) is 49.6 Å². The second-order valence-electron chi connectivity index (χ2n) is 9.75. The molecule has 2 aromatic heterocycles. The number of alkyl halides is 2. The van der Waals surface area contributed by atoms with Gasteiger partial charge in [0.1, 0.15) is 24.1 Å². The molecule has 3 N–H and O–H groups in total. The van der Waals surface area contributed by atoms with Crippen molar-refractivity contribution in [2.24, 2.45) is 5.73 Å². The van der Waals surface area contributed by atoms with Gasteiger partial charge in [-0.25, -0.2) is 27.5 Å². The van der Waals surface area contributed by atoms with Gasteiger partial charge in [0.2, 0.25) is 0 Å². The molecule has 8 nitrogen and oxygen atoms in total. The number of pyridine rings is 1. The lowest BCUT2D eigenvalue weighted by atomic mass is 9.84. The molecule has 4 heterocycles. The van der Waals surface area contributed by atoms with Crippen molar-refractivity contribution in [2.45, 2.75) is 43.9 Å². The van der Waals surface area contributed by atoms with E-state index in [0.29, 0.717) is 37.3 Å². The Morgan fingerprint density at radius 1 is 1.13 bits per heavy atom. The fourth-order valence-corrected chi connectivity index (χ4v) is 5.27. The summed E-state index contributed by atoms with van der Waals surface area (Å²) in [5, 5.41) is 10.1. The Morgan fingerprint density at radius 2 is 1.95 bits per heavy atom. The Bertz CT molecular complexity index is 1330. The molecule has 2 atom stereocenters. The van der Waals surface area contributed by atoms with Gasteiger partial charge in [0.25, 0.3) is 6.43 Å². The van der Waals surface area contributed by atoms with E-state index in [9.17, 15) is 22.7 Å². The topological polar surface area (TPSA) is 101 Å². The summed E-state index contributed by atoms with van der Waals surface area (Å²) in [6, 6.07) is 3.66. The normalized spacial score (nSPS) is 20.1. The highest BCUT2D eigenvalue weighted by atomic mass is 19.3. The van der Waals surface area contributed by atoms with Gasteiger partial charge in [-0.1, -0.05) is 0 Å². The Labute approximate surface area is 217 Å². The highest BCUT2D eigenvalue weighted by molar-refractivity contribution is 5.67. The summed E-state index contributed by atoms with van der Waals surface area (Å²) >= 11 is 0. The third-order valence-corrected chi connectivity index (χ3v) is 7.28. The largest absolute Gasteiger partial charge is 0.494 e. The van der Waals surface area contributed by atoms with Crippen LogP contribution in [0, 0.1) is 11.6 Å². The molecule has 5 rings (SSSR count). The Balaban J connectivity index is 1.55. The van der Waals surface area contributed by atoms with E-state index in [4.69, 9.17) is 10.5 Å². The molecule has 38 heavy (non-hydrogen) atoms. The number of nitrogens with zero attached hydrogens (tertiary/aromatic N) is 5. The number of fused-ring (bicyclic) bond motifs is 1. The van der Waals surface area contributed by atoms with Crippen LogP contribution in [0.4, 0.5) is 29.1 Å². The highest BCUT2D eigenvalue weighted by Gasteiger charge is 2.43. The number of piperidine rings is 1. The standard InChI is InChI=1S/C26H28F4N6O2/c1-38-22-9-18(27)17(8-19(22)28)20-7-16(12-35-6-3-15-10-32-14-34-25(15)35)21(11-33-20)36-5-2-4-26(31,13-36)23(37)24(29)30/h7-11,14,23-24,37H,2-6,12-13,31H2,1H3/t23-,26-/m1/s1. The zero-order valence-electron chi connectivity index (χ0n) is 20.7. The smallest absolute Gasteiger partial charge is 0.265 e. The van der Waals surface area contributed by atoms with E-state index in [1.165, 1.54) is 19.6 Å². The Morgan fingerprint density at radius 3 is 2.71 bits per heavy atom. The summed E-state index contributed by atoms with van der Waals surface area (Å²) in [7, 11) is 1.25. The summed E-state index contributed by atoms with van der Waals surface area (Å²) in [4.78, 5) is 16.7. The van der Waals surface area contributed by atoms with Gasteiger partial charge < -0.3 is 25.4 Å². The minimum absolute atomic E-state index is 0.0170. The van der Waals surface area contributed by atoms with Crippen LogP contribution in [0.15, 0.2) is 36.9 Å². The van der Waals surface area contributed by atoms with E-state index in [2.05, 4.69) is 15.0 Å². The summed E-state index contributed by atoms with van der Waals surface area (Å²) in [5.41, 5.74) is 7.22. The number of aliphatic hydroxyl groups excluding tert-OH is 1. The molecule has 3 aromatic rings. The first-order chi connectivity index (χ1) is 18.2. The summed E-state index contributed by atoms with van der Waals surface area (Å²) in [6.07, 6.45) is 1.25. The third kappa shape index (κ3) is 4.85. The minimum atomic E-state index is -2.98. The number of hydrogen-bond donors (Lipinski definition) is 2. The highest BCUT2D eigenvalue weighted by Crippen LogP contribution is 2.36. The fourth-order valence-electron chi connectivity index (χ4n) is 5.27. The zero-order valence-corrected chi connectivity index (χ0v) is 20.7. The SMILES string of the molecule is COc1cc(F)c(-c2cc(CN3CCc4cncnc43)c(N3CCC[C@](N)([C@H](O)C(F)F)C3)cn2)cc1F. The molecular weight excluding hydrogens is 504 g/mol. The second-order valence-corrected chi connectivity index (χ2v) is 9.75. The average Bonchev–Trinajstić information content (AvgIpc) is 3.32. The first kappa shape index (κ1) is 26.1. The summed E-state index contributed by atoms with van der Waals surface area (Å²) in [5.74, 6) is -0.883. The van der Waals surface area contributed by atoms with Crippen molar-refractivity contribution < 1.29 is 27.4 Å². The van der Waals surface area contributed by atoms with Crippen LogP contribution in [-0.4, -0.2) is 64.9 Å². The number of ether oxygens (including phenoxy) is 1. The molecule has 2 aliphatic rings. The Kier molecular flexibility index (Phi) is 7.10. The third-order valence-electron chi connectivity index (χ3n) is 7.28. The molecule has 0 bridgehead atoms. The maximum atomic E-state index is 14.9. The molecule has 2 aliphatic heterocycles. The fraction of sp³-hybridized carbons (Fsp3) is 0.423. The number of rotatable bonds is 7. The van der Waals surface area contributed by atoms with Gasteiger partial charge in [-0.2, -0.15) is 0 Å². The molecule has 0 amide bonds. The lowest BCUT2D eigenvalue weighted by Crippen LogP contribution is -2.63. The van der Waals surface area contributed by atoms with Crippen LogP contribution in [0.5, 0.6) is 5.75 Å². The maximum Gasteiger partial charge on any atom is 0.265 e. The van der Waals surface area contributed by atoms with E-state index >= 15 is 0 Å². The molecule has 1 saturated heterocycles. The van der Waals surface area contributed by atoms with Crippen molar-refractivity contribution >= 4 is 11.5 Å². The second kappa shape index (κ2) is 10.3. The molecule has 0 radical (unpaired) electrons. The lowest BCUT2D eigenvalue weighted by Gasteiger charge is -2.44. The molecule has 12 heteroatoms. The molecular formula is C26H28F4N6O2. The predicted octanol–water partition coefficient (Wildman–Crippen LogP) is 3.31.